The smallest absolute Gasteiger partial charge is 0.306 e. The maximum absolute atomic E-state index is 10.1. The molecule has 0 spiro atoms. The number of carboxylic acids is 2. The fourth-order valence-corrected chi connectivity index (χ4v) is 1.02. The first kappa shape index (κ1) is 11.5. The molecule has 0 atom stereocenters. The van der Waals surface area contributed by atoms with Crippen LogP contribution in [-0.2, 0) is 9.59 Å². The Morgan fingerprint density at radius 2 is 1.67 bits per heavy atom. The van der Waals surface area contributed by atoms with Crippen molar-refractivity contribution < 1.29 is 19.8 Å². The lowest BCUT2D eigenvalue weighted by atomic mass is 10.2. The van der Waals surface area contributed by atoms with Gasteiger partial charge in [0.1, 0.15) is 4.33 Å². The second-order valence-corrected chi connectivity index (χ2v) is 3.96. The van der Waals surface area contributed by atoms with Crippen LogP contribution in [0.2, 0.25) is 0 Å². The Morgan fingerprint density at radius 1 is 1.17 bits per heavy atom. The van der Waals surface area contributed by atoms with Crippen LogP contribution < -0.4 is 0 Å². The average Bonchev–Trinajstić information content (AvgIpc) is 1.81. The van der Waals surface area contributed by atoms with E-state index < -0.39 is 22.7 Å². The molecule has 12 heavy (non-hydrogen) atoms. The highest BCUT2D eigenvalue weighted by molar-refractivity contribution is 6.49. The third kappa shape index (κ3) is 6.24. The zero-order valence-corrected chi connectivity index (χ0v) is 7.60. The van der Waals surface area contributed by atoms with E-state index in [0.29, 0.717) is 0 Å². The van der Waals surface area contributed by atoms with Crippen molar-refractivity contribution in [2.45, 2.75) is 23.6 Å². The van der Waals surface area contributed by atoms with Crippen molar-refractivity contribution in [2.24, 2.45) is 0 Å². The number of halogens is 2. The predicted octanol–water partition coefficient (Wildman–Crippen LogP) is 1.50. The van der Waals surface area contributed by atoms with Gasteiger partial charge in [-0.1, -0.05) is 0 Å². The minimum absolute atomic E-state index is 0.0717. The van der Waals surface area contributed by atoms with E-state index in [-0.39, 0.29) is 12.8 Å². The second-order valence-electron chi connectivity index (χ2n) is 2.32. The minimum atomic E-state index is -1.48. The molecule has 0 aromatic rings. The number of carboxylic acid groups (broad SMARTS) is 2. The molecule has 70 valence electrons. The largest absolute Gasteiger partial charge is 0.481 e. The number of alkyl halides is 2. The first-order valence-corrected chi connectivity index (χ1v) is 3.90. The van der Waals surface area contributed by atoms with Crippen molar-refractivity contribution in [3.8, 4) is 0 Å². The first-order valence-electron chi connectivity index (χ1n) is 3.15. The Hall–Kier alpha value is -0.480. The standard InChI is InChI=1S/C6H8Cl2O4/c7-6(8,3-5(11)12)2-1-4(9)10/h1-3H2,(H,9,10)(H,11,12). The van der Waals surface area contributed by atoms with Crippen LogP contribution in [-0.4, -0.2) is 26.5 Å². The Balaban J connectivity index is 3.86. The van der Waals surface area contributed by atoms with Crippen molar-refractivity contribution in [1.82, 2.24) is 0 Å². The van der Waals surface area contributed by atoms with Crippen molar-refractivity contribution >= 4 is 35.1 Å². The van der Waals surface area contributed by atoms with Gasteiger partial charge >= 0.3 is 11.9 Å². The molecule has 0 aromatic carbocycles. The van der Waals surface area contributed by atoms with Gasteiger partial charge in [-0.05, 0) is 6.42 Å². The fourth-order valence-electron chi connectivity index (χ4n) is 0.599. The van der Waals surface area contributed by atoms with E-state index in [4.69, 9.17) is 33.4 Å². The van der Waals surface area contributed by atoms with Crippen molar-refractivity contribution in [2.75, 3.05) is 0 Å². The van der Waals surface area contributed by atoms with Crippen LogP contribution in [0.3, 0.4) is 0 Å². The summed E-state index contributed by atoms with van der Waals surface area (Å²) in [7, 11) is 0. The highest BCUT2D eigenvalue weighted by Crippen LogP contribution is 2.30. The lowest BCUT2D eigenvalue weighted by Gasteiger charge is -2.14. The first-order chi connectivity index (χ1) is 5.33. The summed E-state index contributed by atoms with van der Waals surface area (Å²) in [4.78, 5) is 20.2. The summed E-state index contributed by atoms with van der Waals surface area (Å²) in [5, 5.41) is 16.5. The number of hydrogen-bond acceptors (Lipinski definition) is 2. The highest BCUT2D eigenvalue weighted by Gasteiger charge is 2.27. The monoisotopic (exact) mass is 214 g/mol. The van der Waals surface area contributed by atoms with Crippen molar-refractivity contribution in [1.29, 1.82) is 0 Å². The Morgan fingerprint density at radius 3 is 2.00 bits per heavy atom. The second kappa shape index (κ2) is 4.52. The van der Waals surface area contributed by atoms with Crippen LogP contribution in [0.5, 0.6) is 0 Å². The van der Waals surface area contributed by atoms with Crippen LogP contribution in [0.25, 0.3) is 0 Å². The van der Waals surface area contributed by atoms with Crippen LogP contribution in [0.15, 0.2) is 0 Å². The van der Waals surface area contributed by atoms with Crippen molar-refractivity contribution in [3.05, 3.63) is 0 Å². The van der Waals surface area contributed by atoms with E-state index in [1.165, 1.54) is 0 Å². The molecule has 0 rings (SSSR count). The molecule has 0 aliphatic carbocycles. The Labute approximate surface area is 79.1 Å². The van der Waals surface area contributed by atoms with Gasteiger partial charge in [0.05, 0.1) is 6.42 Å². The summed E-state index contributed by atoms with van der Waals surface area (Å²) >= 11 is 11.0. The predicted molar refractivity (Wildman–Crippen MR) is 43.6 cm³/mol. The van der Waals surface area contributed by atoms with Gasteiger partial charge in [-0.3, -0.25) is 9.59 Å². The number of rotatable bonds is 5. The molecular formula is C6H8Cl2O4. The normalized spacial score (nSPS) is 11.2. The van der Waals surface area contributed by atoms with Crippen LogP contribution in [0, 0.1) is 0 Å². The number of hydrogen-bond donors (Lipinski definition) is 2. The van der Waals surface area contributed by atoms with E-state index in [2.05, 4.69) is 0 Å². The molecule has 0 aliphatic heterocycles. The van der Waals surface area contributed by atoms with Gasteiger partial charge < -0.3 is 10.2 Å². The summed E-state index contributed by atoms with van der Waals surface area (Å²) < 4.78 is -1.48. The van der Waals surface area contributed by atoms with E-state index in [0.717, 1.165) is 0 Å². The molecule has 0 radical (unpaired) electrons. The average molecular weight is 215 g/mol. The summed E-state index contributed by atoms with van der Waals surface area (Å²) in [6, 6.07) is 0. The van der Waals surface area contributed by atoms with Gasteiger partial charge in [-0.15, -0.1) is 23.2 Å². The quantitative estimate of drug-likeness (QED) is 0.681. The summed E-state index contributed by atoms with van der Waals surface area (Å²) in [6.07, 6.45) is -0.762. The summed E-state index contributed by atoms with van der Waals surface area (Å²) in [5.41, 5.74) is 0. The van der Waals surface area contributed by atoms with Gasteiger partial charge in [-0.2, -0.15) is 0 Å². The zero-order valence-electron chi connectivity index (χ0n) is 6.09. The maximum atomic E-state index is 10.1. The molecule has 0 aromatic heterocycles. The molecule has 0 saturated heterocycles. The molecular weight excluding hydrogens is 207 g/mol. The van der Waals surface area contributed by atoms with E-state index in [1.807, 2.05) is 0 Å². The molecule has 0 heterocycles. The maximum Gasteiger partial charge on any atom is 0.306 e. The SMILES string of the molecule is O=C(O)CCC(Cl)(Cl)CC(=O)O. The van der Waals surface area contributed by atoms with E-state index in [1.54, 1.807) is 0 Å². The molecule has 0 aliphatic rings. The molecule has 0 amide bonds. The molecule has 0 unspecified atom stereocenters. The number of aliphatic carboxylic acids is 2. The molecule has 4 nitrogen and oxygen atoms in total. The highest BCUT2D eigenvalue weighted by atomic mass is 35.5. The molecule has 0 bridgehead atoms. The summed E-state index contributed by atoms with van der Waals surface area (Å²) in [5.74, 6) is -2.20. The Bertz CT molecular complexity index is 190. The lowest BCUT2D eigenvalue weighted by Crippen LogP contribution is -2.19. The third-order valence-corrected chi connectivity index (χ3v) is 1.76. The van der Waals surface area contributed by atoms with Gasteiger partial charge in [0.2, 0.25) is 0 Å². The van der Waals surface area contributed by atoms with Gasteiger partial charge in [0.15, 0.2) is 0 Å². The molecule has 0 fully saturated rings. The number of carbonyl (C=O) groups is 2. The molecule has 0 saturated carbocycles. The lowest BCUT2D eigenvalue weighted by molar-refractivity contribution is -0.139. The van der Waals surface area contributed by atoms with Gasteiger partial charge in [0.25, 0.3) is 0 Å². The molecule has 2 N–H and O–H groups in total. The minimum Gasteiger partial charge on any atom is -0.481 e. The van der Waals surface area contributed by atoms with E-state index >= 15 is 0 Å². The van der Waals surface area contributed by atoms with Crippen molar-refractivity contribution in [3.63, 3.8) is 0 Å². The summed E-state index contributed by atoms with van der Waals surface area (Å²) in [6.45, 7) is 0. The van der Waals surface area contributed by atoms with Gasteiger partial charge in [-0.25, -0.2) is 0 Å². The zero-order chi connectivity index (χ0) is 9.78. The topological polar surface area (TPSA) is 74.6 Å². The van der Waals surface area contributed by atoms with Crippen LogP contribution >= 0.6 is 23.2 Å². The van der Waals surface area contributed by atoms with Crippen LogP contribution in [0.4, 0.5) is 0 Å². The molecule has 6 heteroatoms. The fraction of sp³-hybridized carbons (Fsp3) is 0.667. The third-order valence-electron chi connectivity index (χ3n) is 1.11. The van der Waals surface area contributed by atoms with Gasteiger partial charge in [0, 0.05) is 6.42 Å². The Kier molecular flexibility index (Phi) is 4.34. The van der Waals surface area contributed by atoms with E-state index in [9.17, 15) is 9.59 Å². The van der Waals surface area contributed by atoms with Crippen LogP contribution in [0.1, 0.15) is 19.3 Å².